The molecule has 1 aromatic rings. The predicted molar refractivity (Wildman–Crippen MR) is 80.4 cm³/mol. The molecule has 0 fully saturated rings. The Balaban J connectivity index is 2.84. The number of nitrogen functional groups attached to an aromatic ring is 1. The van der Waals surface area contributed by atoms with Gasteiger partial charge in [-0.2, -0.15) is 4.31 Å². The fourth-order valence-corrected chi connectivity index (χ4v) is 4.74. The largest absolute Gasteiger partial charge is 0.399 e. The Labute approximate surface area is 120 Å². The van der Waals surface area contributed by atoms with E-state index in [0.717, 1.165) is 11.8 Å². The number of rotatable bonds is 7. The van der Waals surface area contributed by atoms with E-state index in [0.29, 0.717) is 5.69 Å². The van der Waals surface area contributed by atoms with Crippen LogP contribution in [0.3, 0.4) is 0 Å². The molecule has 0 unspecified atom stereocenters. The van der Waals surface area contributed by atoms with Gasteiger partial charge in [-0.25, -0.2) is 16.8 Å². The molecular formula is C12H20N2O4S2. The molecule has 0 saturated carbocycles. The van der Waals surface area contributed by atoms with Gasteiger partial charge in [0.2, 0.25) is 10.0 Å². The lowest BCUT2D eigenvalue weighted by atomic mass is 10.2. The third-order valence-electron chi connectivity index (χ3n) is 2.77. The van der Waals surface area contributed by atoms with Crippen LogP contribution >= 0.6 is 0 Å². The van der Waals surface area contributed by atoms with Gasteiger partial charge in [-0.3, -0.25) is 0 Å². The molecule has 0 atom stereocenters. The molecule has 0 radical (unpaired) electrons. The Morgan fingerprint density at radius 2 is 1.80 bits per heavy atom. The molecule has 0 aromatic heterocycles. The summed E-state index contributed by atoms with van der Waals surface area (Å²) in [5.41, 5.74) is 6.99. The van der Waals surface area contributed by atoms with E-state index in [1.54, 1.807) is 31.2 Å². The minimum atomic E-state index is -3.60. The van der Waals surface area contributed by atoms with E-state index < -0.39 is 25.6 Å². The maximum atomic E-state index is 12.1. The molecule has 0 saturated heterocycles. The molecule has 20 heavy (non-hydrogen) atoms. The first-order valence-electron chi connectivity index (χ1n) is 6.14. The lowest BCUT2D eigenvalue weighted by molar-refractivity contribution is 0.424. The molecule has 0 heterocycles. The first kappa shape index (κ1) is 16.9. The number of sulfone groups is 1. The van der Waals surface area contributed by atoms with E-state index in [1.807, 2.05) is 0 Å². The lowest BCUT2D eigenvalue weighted by Gasteiger charge is -2.20. The minimum absolute atomic E-state index is 0.188. The predicted octanol–water partition coefficient (Wildman–Crippen LogP) is 0.465. The molecule has 0 spiro atoms. The van der Waals surface area contributed by atoms with Crippen molar-refractivity contribution in [2.75, 3.05) is 30.0 Å². The van der Waals surface area contributed by atoms with Crippen molar-refractivity contribution in [1.29, 1.82) is 0 Å². The Morgan fingerprint density at radius 1 is 1.15 bits per heavy atom. The second-order valence-electron chi connectivity index (χ2n) is 4.62. The summed E-state index contributed by atoms with van der Waals surface area (Å²) in [6.45, 7) is 2.18. The average molecular weight is 320 g/mol. The van der Waals surface area contributed by atoms with Crippen LogP contribution in [-0.4, -0.2) is 45.4 Å². The van der Waals surface area contributed by atoms with E-state index in [-0.39, 0.29) is 18.8 Å². The molecule has 0 bridgehead atoms. The standard InChI is InChI=1S/C12H20N2O4S2/c1-3-14(10-11-5-4-6-12(13)9-11)20(17,18)8-7-19(2,15)16/h4-6,9H,3,7-8,10,13H2,1-2H3. The number of nitrogens with two attached hydrogens (primary N) is 1. The van der Waals surface area contributed by atoms with Crippen LogP contribution in [0.5, 0.6) is 0 Å². The molecule has 6 nitrogen and oxygen atoms in total. The molecular weight excluding hydrogens is 300 g/mol. The topological polar surface area (TPSA) is 97.5 Å². The van der Waals surface area contributed by atoms with Gasteiger partial charge in [0.1, 0.15) is 9.84 Å². The number of benzene rings is 1. The van der Waals surface area contributed by atoms with Crippen molar-refractivity contribution in [3.63, 3.8) is 0 Å². The average Bonchev–Trinajstić information content (AvgIpc) is 2.33. The first-order valence-corrected chi connectivity index (χ1v) is 9.81. The van der Waals surface area contributed by atoms with E-state index in [1.165, 1.54) is 4.31 Å². The summed E-state index contributed by atoms with van der Waals surface area (Å²) in [5, 5.41) is 0. The summed E-state index contributed by atoms with van der Waals surface area (Å²) in [4.78, 5) is 0. The van der Waals surface area contributed by atoms with Gasteiger partial charge >= 0.3 is 0 Å². The fourth-order valence-electron chi connectivity index (χ4n) is 1.69. The SMILES string of the molecule is CCN(Cc1cccc(N)c1)S(=O)(=O)CCS(C)(=O)=O. The summed E-state index contributed by atoms with van der Waals surface area (Å²) in [5.74, 6) is -0.773. The normalized spacial score (nSPS) is 12.8. The molecule has 1 aromatic carbocycles. The summed E-state index contributed by atoms with van der Waals surface area (Å²) in [6, 6.07) is 6.96. The van der Waals surface area contributed by atoms with Crippen LogP contribution in [0.1, 0.15) is 12.5 Å². The van der Waals surface area contributed by atoms with E-state index in [4.69, 9.17) is 5.73 Å². The van der Waals surface area contributed by atoms with Crippen molar-refractivity contribution in [3.8, 4) is 0 Å². The van der Waals surface area contributed by atoms with Gasteiger partial charge in [-0.15, -0.1) is 0 Å². The number of hydrogen-bond acceptors (Lipinski definition) is 5. The molecule has 0 aliphatic heterocycles. The highest BCUT2D eigenvalue weighted by Crippen LogP contribution is 2.13. The molecule has 0 aliphatic carbocycles. The monoisotopic (exact) mass is 320 g/mol. The van der Waals surface area contributed by atoms with Crippen molar-refractivity contribution in [2.45, 2.75) is 13.5 Å². The van der Waals surface area contributed by atoms with Crippen molar-refractivity contribution >= 4 is 25.5 Å². The Morgan fingerprint density at radius 3 is 2.30 bits per heavy atom. The maximum absolute atomic E-state index is 12.1. The van der Waals surface area contributed by atoms with Gasteiger partial charge in [0.15, 0.2) is 0 Å². The zero-order valence-corrected chi connectivity index (χ0v) is 13.2. The van der Waals surface area contributed by atoms with Crippen molar-refractivity contribution in [3.05, 3.63) is 29.8 Å². The van der Waals surface area contributed by atoms with E-state index in [2.05, 4.69) is 0 Å². The van der Waals surface area contributed by atoms with Crippen LogP contribution in [0.15, 0.2) is 24.3 Å². The molecule has 2 N–H and O–H groups in total. The number of nitrogens with zero attached hydrogens (tertiary/aromatic N) is 1. The van der Waals surface area contributed by atoms with Gasteiger partial charge < -0.3 is 5.73 Å². The second kappa shape index (κ2) is 6.55. The van der Waals surface area contributed by atoms with Crippen LogP contribution in [0, 0.1) is 0 Å². The van der Waals surface area contributed by atoms with Crippen molar-refractivity contribution in [2.24, 2.45) is 0 Å². The van der Waals surface area contributed by atoms with Crippen molar-refractivity contribution in [1.82, 2.24) is 4.31 Å². The van der Waals surface area contributed by atoms with Gasteiger partial charge in [0.05, 0.1) is 11.5 Å². The molecule has 0 amide bonds. The van der Waals surface area contributed by atoms with Gasteiger partial charge in [0, 0.05) is 25.0 Å². The van der Waals surface area contributed by atoms with Gasteiger partial charge in [0.25, 0.3) is 0 Å². The summed E-state index contributed by atoms with van der Waals surface area (Å²) < 4.78 is 47.7. The first-order chi connectivity index (χ1) is 9.14. The highest BCUT2D eigenvalue weighted by atomic mass is 32.2. The third-order valence-corrected chi connectivity index (χ3v) is 5.87. The minimum Gasteiger partial charge on any atom is -0.399 e. The Hall–Kier alpha value is -1.12. The van der Waals surface area contributed by atoms with E-state index >= 15 is 0 Å². The van der Waals surface area contributed by atoms with E-state index in [9.17, 15) is 16.8 Å². The Bertz CT molecular complexity index is 654. The third kappa shape index (κ3) is 5.48. The number of anilines is 1. The van der Waals surface area contributed by atoms with Gasteiger partial charge in [-0.1, -0.05) is 19.1 Å². The number of sulfonamides is 1. The van der Waals surface area contributed by atoms with Crippen LogP contribution in [0.25, 0.3) is 0 Å². The van der Waals surface area contributed by atoms with Crippen LogP contribution in [-0.2, 0) is 26.4 Å². The Kier molecular flexibility index (Phi) is 5.55. The highest BCUT2D eigenvalue weighted by molar-refractivity contribution is 7.93. The lowest BCUT2D eigenvalue weighted by Crippen LogP contribution is -2.34. The van der Waals surface area contributed by atoms with Gasteiger partial charge in [-0.05, 0) is 17.7 Å². The summed E-state index contributed by atoms with van der Waals surface area (Å²) >= 11 is 0. The maximum Gasteiger partial charge on any atom is 0.215 e. The van der Waals surface area contributed by atoms with Crippen LogP contribution in [0.2, 0.25) is 0 Å². The summed E-state index contributed by atoms with van der Waals surface area (Å²) in [6.07, 6.45) is 1.02. The van der Waals surface area contributed by atoms with Crippen molar-refractivity contribution < 1.29 is 16.8 Å². The highest BCUT2D eigenvalue weighted by Gasteiger charge is 2.22. The smallest absolute Gasteiger partial charge is 0.215 e. The van der Waals surface area contributed by atoms with Crippen LogP contribution < -0.4 is 5.73 Å². The van der Waals surface area contributed by atoms with Crippen LogP contribution in [0.4, 0.5) is 5.69 Å². The zero-order valence-electron chi connectivity index (χ0n) is 11.6. The molecule has 1 rings (SSSR count). The second-order valence-corrected chi connectivity index (χ2v) is 8.97. The molecule has 8 heteroatoms. The zero-order chi connectivity index (χ0) is 15.4. The quantitative estimate of drug-likeness (QED) is 0.736. The molecule has 114 valence electrons. The molecule has 0 aliphatic rings. The number of hydrogen-bond donors (Lipinski definition) is 1. The fraction of sp³-hybridized carbons (Fsp3) is 0.500. The summed E-state index contributed by atoms with van der Waals surface area (Å²) in [7, 11) is -6.91.